The zero-order valence-electron chi connectivity index (χ0n) is 16.4. The van der Waals surface area contributed by atoms with Gasteiger partial charge >= 0.3 is 0 Å². The van der Waals surface area contributed by atoms with E-state index in [0.29, 0.717) is 18.4 Å². The Morgan fingerprint density at radius 3 is 2.47 bits per heavy atom. The number of nitrogens with one attached hydrogen (secondary N) is 2. The van der Waals surface area contributed by atoms with Gasteiger partial charge in [0.2, 0.25) is 10.0 Å². The fourth-order valence-electron chi connectivity index (χ4n) is 3.81. The number of sulfonamides is 1. The summed E-state index contributed by atoms with van der Waals surface area (Å²) in [6, 6.07) is 14.6. The number of amides is 2. The number of hydrogen-bond acceptors (Lipinski definition) is 4. The molecule has 8 nitrogen and oxygen atoms in total. The summed E-state index contributed by atoms with van der Waals surface area (Å²) >= 11 is 0. The predicted octanol–water partition coefficient (Wildman–Crippen LogP) is 1.79. The van der Waals surface area contributed by atoms with Crippen molar-refractivity contribution in [1.82, 2.24) is 19.7 Å². The minimum atomic E-state index is -3.79. The van der Waals surface area contributed by atoms with E-state index in [1.54, 1.807) is 24.4 Å². The quantitative estimate of drug-likeness (QED) is 0.621. The van der Waals surface area contributed by atoms with Crippen molar-refractivity contribution in [3.63, 3.8) is 0 Å². The molecule has 3 aromatic rings. The first kappa shape index (κ1) is 20.1. The minimum Gasteiger partial charge on any atom is -0.350 e. The van der Waals surface area contributed by atoms with Crippen LogP contribution in [-0.4, -0.2) is 41.7 Å². The largest absolute Gasteiger partial charge is 0.350 e. The molecule has 30 heavy (non-hydrogen) atoms. The van der Waals surface area contributed by atoms with Gasteiger partial charge in [0.05, 0.1) is 10.5 Å². The normalized spacial score (nSPS) is 17.2. The molecular weight excluding hydrogens is 404 g/mol. The van der Waals surface area contributed by atoms with E-state index >= 15 is 0 Å². The van der Waals surface area contributed by atoms with Crippen molar-refractivity contribution in [3.8, 4) is 0 Å². The number of benzene rings is 2. The van der Waals surface area contributed by atoms with Crippen LogP contribution in [0.1, 0.15) is 23.2 Å². The topological polar surface area (TPSA) is 101 Å². The number of aromatic nitrogens is 1. The average Bonchev–Trinajstić information content (AvgIpc) is 3.38. The molecule has 1 aliphatic heterocycles. The Hall–Kier alpha value is -3.17. The lowest BCUT2D eigenvalue weighted by Gasteiger charge is -2.23. The van der Waals surface area contributed by atoms with E-state index in [4.69, 9.17) is 0 Å². The minimum absolute atomic E-state index is 0.143. The Morgan fingerprint density at radius 1 is 1.00 bits per heavy atom. The van der Waals surface area contributed by atoms with Gasteiger partial charge in [-0.1, -0.05) is 36.4 Å². The SMILES string of the molecule is Cn1cc(C(=O)NNC(=O)C2CCCN2S(=O)(=O)c2ccccc2)c2ccccc21. The second-order valence-corrected chi connectivity index (χ2v) is 9.09. The first-order valence-electron chi connectivity index (χ1n) is 9.61. The highest BCUT2D eigenvalue weighted by Crippen LogP contribution is 2.26. The van der Waals surface area contributed by atoms with Crippen LogP contribution in [0.25, 0.3) is 10.9 Å². The molecular formula is C21H22N4O4S. The summed E-state index contributed by atoms with van der Waals surface area (Å²) in [5, 5.41) is 0.765. The molecule has 0 saturated carbocycles. The molecule has 2 N–H and O–H groups in total. The van der Waals surface area contributed by atoms with Crippen molar-refractivity contribution in [1.29, 1.82) is 0 Å². The average molecular weight is 426 g/mol. The zero-order chi connectivity index (χ0) is 21.3. The monoisotopic (exact) mass is 426 g/mol. The van der Waals surface area contributed by atoms with Crippen molar-refractivity contribution in [2.75, 3.05) is 6.54 Å². The summed E-state index contributed by atoms with van der Waals surface area (Å²) in [4.78, 5) is 25.5. The van der Waals surface area contributed by atoms with Gasteiger partial charge in [0.1, 0.15) is 6.04 Å². The van der Waals surface area contributed by atoms with Crippen LogP contribution < -0.4 is 10.9 Å². The Bertz CT molecular complexity index is 1200. The molecule has 156 valence electrons. The van der Waals surface area contributed by atoms with Gasteiger partial charge in [-0.2, -0.15) is 4.31 Å². The van der Waals surface area contributed by atoms with Crippen LogP contribution in [0.2, 0.25) is 0 Å². The summed E-state index contributed by atoms with van der Waals surface area (Å²) in [5.74, 6) is -1.02. The van der Waals surface area contributed by atoms with Gasteiger partial charge in [0.25, 0.3) is 11.8 Å². The van der Waals surface area contributed by atoms with Crippen LogP contribution in [0.15, 0.2) is 65.7 Å². The Labute approximate surface area is 174 Å². The standard InChI is InChI=1S/C21H22N4O4S/c1-24-14-17(16-10-5-6-11-18(16)24)20(26)22-23-21(27)19-12-7-13-25(19)30(28,29)15-8-3-2-4-9-15/h2-6,8-11,14,19H,7,12-13H2,1H3,(H,22,26)(H,23,27). The predicted molar refractivity (Wildman–Crippen MR) is 112 cm³/mol. The smallest absolute Gasteiger partial charge is 0.271 e. The van der Waals surface area contributed by atoms with Gasteiger partial charge in [-0.25, -0.2) is 8.42 Å². The molecule has 1 unspecified atom stereocenters. The van der Waals surface area contributed by atoms with E-state index in [1.165, 1.54) is 16.4 Å². The van der Waals surface area contributed by atoms with Crippen LogP contribution in [0.3, 0.4) is 0 Å². The number of nitrogens with zero attached hydrogens (tertiary/aromatic N) is 2. The third-order valence-electron chi connectivity index (χ3n) is 5.30. The second kappa shape index (κ2) is 7.92. The van der Waals surface area contributed by atoms with Gasteiger partial charge in [-0.3, -0.25) is 20.4 Å². The molecule has 1 saturated heterocycles. The Morgan fingerprint density at radius 2 is 1.70 bits per heavy atom. The van der Waals surface area contributed by atoms with Gasteiger partial charge < -0.3 is 4.57 Å². The third-order valence-corrected chi connectivity index (χ3v) is 7.22. The van der Waals surface area contributed by atoms with Crippen LogP contribution in [-0.2, 0) is 21.9 Å². The first-order chi connectivity index (χ1) is 14.4. The fourth-order valence-corrected chi connectivity index (χ4v) is 5.49. The molecule has 1 aliphatic rings. The molecule has 1 atom stereocenters. The lowest BCUT2D eigenvalue weighted by Crippen LogP contribution is -2.51. The number of carbonyl (C=O) groups excluding carboxylic acids is 2. The van der Waals surface area contributed by atoms with E-state index in [-0.39, 0.29) is 11.4 Å². The highest BCUT2D eigenvalue weighted by atomic mass is 32.2. The molecule has 0 radical (unpaired) electrons. The third kappa shape index (κ3) is 3.57. The summed E-state index contributed by atoms with van der Waals surface area (Å²) in [6.45, 7) is 0.257. The lowest BCUT2D eigenvalue weighted by molar-refractivity contribution is -0.125. The molecule has 4 rings (SSSR count). The summed E-state index contributed by atoms with van der Waals surface area (Å²) < 4.78 is 28.9. The van der Waals surface area contributed by atoms with E-state index in [0.717, 1.165) is 10.9 Å². The molecule has 0 aliphatic carbocycles. The van der Waals surface area contributed by atoms with Crippen molar-refractivity contribution < 1.29 is 18.0 Å². The van der Waals surface area contributed by atoms with Crippen molar-refractivity contribution in [3.05, 3.63) is 66.4 Å². The molecule has 2 amide bonds. The van der Waals surface area contributed by atoms with E-state index < -0.39 is 27.9 Å². The number of fused-ring (bicyclic) bond motifs is 1. The molecule has 2 heterocycles. The molecule has 1 fully saturated rings. The molecule has 9 heteroatoms. The maximum absolute atomic E-state index is 12.9. The fraction of sp³-hybridized carbons (Fsp3) is 0.238. The van der Waals surface area contributed by atoms with Gasteiger partial charge in [0.15, 0.2) is 0 Å². The van der Waals surface area contributed by atoms with Crippen LogP contribution in [0, 0.1) is 0 Å². The lowest BCUT2D eigenvalue weighted by atomic mass is 10.2. The maximum atomic E-state index is 12.9. The van der Waals surface area contributed by atoms with E-state index in [1.807, 2.05) is 35.9 Å². The molecule has 2 aromatic carbocycles. The number of para-hydroxylation sites is 1. The number of hydrogen-bond donors (Lipinski definition) is 2. The molecule has 0 bridgehead atoms. The number of hydrazine groups is 1. The van der Waals surface area contributed by atoms with Gasteiger partial charge in [-0.05, 0) is 31.0 Å². The van der Waals surface area contributed by atoms with Gasteiger partial charge in [0, 0.05) is 30.7 Å². The first-order valence-corrected chi connectivity index (χ1v) is 11.0. The summed E-state index contributed by atoms with van der Waals surface area (Å²) in [7, 11) is -1.96. The maximum Gasteiger partial charge on any atom is 0.271 e. The summed E-state index contributed by atoms with van der Waals surface area (Å²) in [6.07, 6.45) is 2.65. The van der Waals surface area contributed by atoms with E-state index in [9.17, 15) is 18.0 Å². The molecule has 1 aromatic heterocycles. The van der Waals surface area contributed by atoms with Crippen molar-refractivity contribution in [2.45, 2.75) is 23.8 Å². The highest BCUT2D eigenvalue weighted by Gasteiger charge is 2.39. The van der Waals surface area contributed by atoms with Crippen molar-refractivity contribution >= 4 is 32.7 Å². The van der Waals surface area contributed by atoms with Crippen LogP contribution in [0.5, 0.6) is 0 Å². The number of aryl methyl sites for hydroxylation is 1. The Kier molecular flexibility index (Phi) is 5.31. The Balaban J connectivity index is 1.47. The van der Waals surface area contributed by atoms with Crippen LogP contribution in [0.4, 0.5) is 0 Å². The zero-order valence-corrected chi connectivity index (χ0v) is 17.2. The molecule has 0 spiro atoms. The van der Waals surface area contributed by atoms with Crippen molar-refractivity contribution in [2.24, 2.45) is 7.05 Å². The van der Waals surface area contributed by atoms with Crippen LogP contribution >= 0.6 is 0 Å². The van der Waals surface area contributed by atoms with Gasteiger partial charge in [-0.15, -0.1) is 0 Å². The van der Waals surface area contributed by atoms with E-state index in [2.05, 4.69) is 10.9 Å². The highest BCUT2D eigenvalue weighted by molar-refractivity contribution is 7.89. The second-order valence-electron chi connectivity index (χ2n) is 7.20. The number of rotatable bonds is 4. The number of carbonyl (C=O) groups is 2. The summed E-state index contributed by atoms with van der Waals surface area (Å²) in [5.41, 5.74) is 6.13.